The van der Waals surface area contributed by atoms with Crippen molar-refractivity contribution in [3.8, 4) is 17.2 Å². The molecule has 7 heteroatoms. The molecule has 34 heavy (non-hydrogen) atoms. The molecular weight excluding hydrogens is 432 g/mol. The highest BCUT2D eigenvalue weighted by Crippen LogP contribution is 2.23. The topological polar surface area (TPSA) is 100 Å². The van der Waals surface area contributed by atoms with Gasteiger partial charge in [-0.25, -0.2) is 0 Å². The molecule has 0 aliphatic heterocycles. The van der Waals surface area contributed by atoms with Crippen LogP contribution >= 0.6 is 0 Å². The zero-order valence-corrected chi connectivity index (χ0v) is 19.4. The molecule has 7 nitrogen and oxygen atoms in total. The van der Waals surface area contributed by atoms with E-state index in [1.807, 2.05) is 54.6 Å². The van der Waals surface area contributed by atoms with E-state index in [1.165, 1.54) is 12.1 Å². The van der Waals surface area contributed by atoms with Crippen LogP contribution in [0.2, 0.25) is 0 Å². The molecule has 0 fully saturated rings. The standard InChI is InChI=1S/C27H32N2O5/c1-33-26-10-6-5-9-21(26)11-12-22(30)19-28-15-16-34-23-13-14-25(31)24(17-23)27(32)29-18-20-7-3-2-4-8-20/h2-10,13-14,17,22,28,30-31H,11-12,15-16,18-19H2,1H3,(H,29,32). The lowest BCUT2D eigenvalue weighted by molar-refractivity contribution is 0.0947. The maximum atomic E-state index is 12.5. The number of phenolic OH excluding ortho intramolecular Hbond substituents is 1. The Balaban J connectivity index is 1.38. The number of aliphatic hydroxyl groups is 1. The summed E-state index contributed by atoms with van der Waals surface area (Å²) >= 11 is 0. The molecule has 0 saturated carbocycles. The number of nitrogens with one attached hydrogen (secondary N) is 2. The molecule has 180 valence electrons. The van der Waals surface area contributed by atoms with Crippen LogP contribution in [0.1, 0.15) is 27.9 Å². The number of carbonyl (C=O) groups excluding carboxylic acids is 1. The van der Waals surface area contributed by atoms with Crippen molar-refractivity contribution in [3.05, 3.63) is 89.5 Å². The Morgan fingerprint density at radius 1 is 1.03 bits per heavy atom. The molecule has 3 rings (SSSR count). The molecule has 0 heterocycles. The highest BCUT2D eigenvalue weighted by atomic mass is 16.5. The largest absolute Gasteiger partial charge is 0.507 e. The molecule has 0 aromatic heterocycles. The van der Waals surface area contributed by atoms with Crippen LogP contribution in [0.25, 0.3) is 0 Å². The molecule has 0 aliphatic rings. The summed E-state index contributed by atoms with van der Waals surface area (Å²) in [6.07, 6.45) is 0.859. The summed E-state index contributed by atoms with van der Waals surface area (Å²) in [6, 6.07) is 21.9. The van der Waals surface area contributed by atoms with Crippen LogP contribution in [0, 0.1) is 0 Å². The number of benzene rings is 3. The average molecular weight is 465 g/mol. The Morgan fingerprint density at radius 2 is 1.79 bits per heavy atom. The molecule has 1 atom stereocenters. The Morgan fingerprint density at radius 3 is 2.59 bits per heavy atom. The summed E-state index contributed by atoms with van der Waals surface area (Å²) in [4.78, 5) is 12.5. The number of aromatic hydroxyl groups is 1. The Hall–Kier alpha value is -3.55. The van der Waals surface area contributed by atoms with E-state index in [2.05, 4.69) is 10.6 Å². The highest BCUT2D eigenvalue weighted by Gasteiger charge is 2.13. The van der Waals surface area contributed by atoms with Crippen LogP contribution in [0.15, 0.2) is 72.8 Å². The van der Waals surface area contributed by atoms with Crippen molar-refractivity contribution < 1.29 is 24.5 Å². The van der Waals surface area contributed by atoms with Gasteiger partial charge in [-0.1, -0.05) is 48.5 Å². The number of hydrogen-bond donors (Lipinski definition) is 4. The summed E-state index contributed by atoms with van der Waals surface area (Å²) in [6.45, 7) is 1.70. The van der Waals surface area contributed by atoms with E-state index in [9.17, 15) is 15.0 Å². The molecule has 1 unspecified atom stereocenters. The monoisotopic (exact) mass is 464 g/mol. The number of phenols is 1. The van der Waals surface area contributed by atoms with Gasteiger partial charge in [-0.3, -0.25) is 4.79 Å². The number of aryl methyl sites for hydroxylation is 1. The number of rotatable bonds is 13. The fraction of sp³-hybridized carbons (Fsp3) is 0.296. The molecule has 0 saturated heterocycles. The fourth-order valence-electron chi connectivity index (χ4n) is 3.50. The van der Waals surface area contributed by atoms with Gasteiger partial charge in [-0.2, -0.15) is 0 Å². The van der Waals surface area contributed by atoms with Crippen molar-refractivity contribution in [1.82, 2.24) is 10.6 Å². The summed E-state index contributed by atoms with van der Waals surface area (Å²) < 4.78 is 11.0. The number of ether oxygens (including phenoxy) is 2. The molecule has 3 aromatic carbocycles. The summed E-state index contributed by atoms with van der Waals surface area (Å²) in [7, 11) is 1.64. The van der Waals surface area contributed by atoms with Gasteiger partial charge in [0, 0.05) is 19.6 Å². The van der Waals surface area contributed by atoms with Gasteiger partial charge in [-0.05, 0) is 48.2 Å². The summed E-state index contributed by atoms with van der Waals surface area (Å²) in [5.74, 6) is 0.844. The van der Waals surface area contributed by atoms with Gasteiger partial charge in [-0.15, -0.1) is 0 Å². The quantitative estimate of drug-likeness (QED) is 0.290. The number of methoxy groups -OCH3 is 1. The SMILES string of the molecule is COc1ccccc1CCC(O)CNCCOc1ccc(O)c(C(=O)NCc2ccccc2)c1. The third-order valence-corrected chi connectivity index (χ3v) is 5.38. The van der Waals surface area contributed by atoms with Gasteiger partial charge in [0.1, 0.15) is 23.9 Å². The van der Waals surface area contributed by atoms with Gasteiger partial charge in [0.15, 0.2) is 0 Å². The average Bonchev–Trinajstić information content (AvgIpc) is 2.87. The number of para-hydroxylation sites is 1. The van der Waals surface area contributed by atoms with E-state index >= 15 is 0 Å². The molecule has 0 radical (unpaired) electrons. The molecule has 0 aliphatic carbocycles. The summed E-state index contributed by atoms with van der Waals surface area (Å²) in [5.41, 5.74) is 2.20. The first kappa shape index (κ1) is 25.1. The van der Waals surface area contributed by atoms with E-state index < -0.39 is 6.10 Å². The second-order valence-electron chi connectivity index (χ2n) is 7.90. The van der Waals surface area contributed by atoms with Crippen molar-refractivity contribution in [3.63, 3.8) is 0 Å². The van der Waals surface area contributed by atoms with Crippen LogP contribution in [-0.4, -0.2) is 49.0 Å². The van der Waals surface area contributed by atoms with Gasteiger partial charge < -0.3 is 30.3 Å². The molecule has 1 amide bonds. The lowest BCUT2D eigenvalue weighted by atomic mass is 10.1. The van der Waals surface area contributed by atoms with Gasteiger partial charge in [0.2, 0.25) is 0 Å². The first-order valence-corrected chi connectivity index (χ1v) is 11.4. The number of amides is 1. The van der Waals surface area contributed by atoms with Crippen LogP contribution < -0.4 is 20.1 Å². The number of hydrogen-bond acceptors (Lipinski definition) is 6. The molecule has 0 bridgehead atoms. The van der Waals surface area contributed by atoms with Crippen LogP contribution in [0.4, 0.5) is 0 Å². The second-order valence-corrected chi connectivity index (χ2v) is 7.90. The molecule has 3 aromatic rings. The Labute approximate surface area is 200 Å². The first-order valence-electron chi connectivity index (χ1n) is 11.4. The van der Waals surface area contributed by atoms with Crippen molar-refractivity contribution in [2.24, 2.45) is 0 Å². The molecular formula is C27H32N2O5. The number of carbonyl (C=O) groups is 1. The Kier molecular flexibility index (Phi) is 9.76. The minimum atomic E-state index is -0.488. The molecule has 4 N–H and O–H groups in total. The number of aliphatic hydroxyl groups excluding tert-OH is 1. The Bertz CT molecular complexity index is 1040. The minimum Gasteiger partial charge on any atom is -0.507 e. The lowest BCUT2D eigenvalue weighted by Gasteiger charge is -2.14. The zero-order chi connectivity index (χ0) is 24.2. The van der Waals surface area contributed by atoms with Crippen LogP contribution in [0.3, 0.4) is 0 Å². The van der Waals surface area contributed by atoms with E-state index in [0.717, 1.165) is 23.3 Å². The van der Waals surface area contributed by atoms with Crippen molar-refractivity contribution in [1.29, 1.82) is 0 Å². The normalized spacial score (nSPS) is 11.6. The first-order chi connectivity index (χ1) is 16.6. The highest BCUT2D eigenvalue weighted by molar-refractivity contribution is 5.97. The third kappa shape index (κ3) is 7.79. The van der Waals surface area contributed by atoms with Crippen LogP contribution in [0.5, 0.6) is 17.2 Å². The van der Waals surface area contributed by atoms with Gasteiger partial charge in [0.05, 0.1) is 18.8 Å². The van der Waals surface area contributed by atoms with E-state index in [4.69, 9.17) is 9.47 Å². The fourth-order valence-corrected chi connectivity index (χ4v) is 3.50. The predicted octanol–water partition coefficient (Wildman–Crippen LogP) is 3.29. The maximum absolute atomic E-state index is 12.5. The maximum Gasteiger partial charge on any atom is 0.255 e. The van der Waals surface area contributed by atoms with Gasteiger partial charge in [0.25, 0.3) is 5.91 Å². The third-order valence-electron chi connectivity index (χ3n) is 5.38. The van der Waals surface area contributed by atoms with Crippen molar-refractivity contribution >= 4 is 5.91 Å². The minimum absolute atomic E-state index is 0.103. The van der Waals surface area contributed by atoms with Crippen molar-refractivity contribution in [2.45, 2.75) is 25.5 Å². The van der Waals surface area contributed by atoms with E-state index in [0.29, 0.717) is 38.4 Å². The second kappa shape index (κ2) is 13.2. The zero-order valence-electron chi connectivity index (χ0n) is 19.4. The van der Waals surface area contributed by atoms with E-state index in [1.54, 1.807) is 13.2 Å². The van der Waals surface area contributed by atoms with Gasteiger partial charge >= 0.3 is 0 Å². The molecule has 0 spiro atoms. The summed E-state index contributed by atoms with van der Waals surface area (Å²) in [5, 5.41) is 26.3. The predicted molar refractivity (Wildman–Crippen MR) is 131 cm³/mol. The van der Waals surface area contributed by atoms with Crippen molar-refractivity contribution in [2.75, 3.05) is 26.8 Å². The lowest BCUT2D eigenvalue weighted by Crippen LogP contribution is -2.30. The van der Waals surface area contributed by atoms with Crippen LogP contribution in [-0.2, 0) is 13.0 Å². The smallest absolute Gasteiger partial charge is 0.255 e. The van der Waals surface area contributed by atoms with E-state index in [-0.39, 0.29) is 17.2 Å².